The first-order valence-corrected chi connectivity index (χ1v) is 8.11. The lowest BCUT2D eigenvalue weighted by molar-refractivity contribution is -0.159. The van der Waals surface area contributed by atoms with Crippen LogP contribution in [0.5, 0.6) is 5.75 Å². The van der Waals surface area contributed by atoms with E-state index in [1.807, 2.05) is 20.8 Å². The van der Waals surface area contributed by atoms with Crippen LogP contribution in [0.1, 0.15) is 56.8 Å². The van der Waals surface area contributed by atoms with E-state index in [1.165, 1.54) is 0 Å². The van der Waals surface area contributed by atoms with Crippen molar-refractivity contribution in [1.29, 1.82) is 0 Å². The highest BCUT2D eigenvalue weighted by molar-refractivity contribution is 5.90. The Bertz CT molecular complexity index is 609. The van der Waals surface area contributed by atoms with Crippen molar-refractivity contribution < 1.29 is 19.1 Å². The predicted octanol–water partition coefficient (Wildman–Crippen LogP) is 3.04. The van der Waals surface area contributed by atoms with Crippen LogP contribution in [0, 0.1) is 5.41 Å². The van der Waals surface area contributed by atoms with Crippen LogP contribution in [0.3, 0.4) is 0 Å². The molecule has 1 amide bonds. The Hall–Kier alpha value is -2.04. The zero-order valence-electron chi connectivity index (χ0n) is 13.8. The van der Waals surface area contributed by atoms with E-state index >= 15 is 0 Å². The highest BCUT2D eigenvalue weighted by Gasteiger charge is 2.57. The van der Waals surface area contributed by atoms with E-state index in [-0.39, 0.29) is 23.5 Å². The van der Waals surface area contributed by atoms with E-state index in [2.05, 4.69) is 5.32 Å². The number of amides is 1. The summed E-state index contributed by atoms with van der Waals surface area (Å²) in [6, 6.07) is 6.86. The fourth-order valence-corrected chi connectivity index (χ4v) is 3.22. The van der Waals surface area contributed by atoms with Crippen LogP contribution in [0.25, 0.3) is 0 Å². The van der Waals surface area contributed by atoms with Crippen molar-refractivity contribution in [2.45, 2.75) is 58.3 Å². The van der Waals surface area contributed by atoms with Gasteiger partial charge >= 0.3 is 5.97 Å². The first-order valence-electron chi connectivity index (χ1n) is 8.11. The molecule has 5 heteroatoms. The number of β-lactam (4-membered cyclic amide) rings is 1. The molecule has 1 N–H and O–H groups in total. The first-order chi connectivity index (χ1) is 10.8. The van der Waals surface area contributed by atoms with Gasteiger partial charge in [0.25, 0.3) is 0 Å². The number of ether oxygens (including phenoxy) is 2. The van der Waals surface area contributed by atoms with Gasteiger partial charge < -0.3 is 14.8 Å². The van der Waals surface area contributed by atoms with Gasteiger partial charge in [0, 0.05) is 0 Å². The normalized spacial score (nSPS) is 22.4. The summed E-state index contributed by atoms with van der Waals surface area (Å²) in [7, 11) is 0. The highest BCUT2D eigenvalue weighted by Crippen LogP contribution is 2.46. The molecule has 1 aliphatic heterocycles. The maximum Gasteiger partial charge on any atom is 0.338 e. The molecule has 1 saturated heterocycles. The Morgan fingerprint density at radius 1 is 1.17 bits per heavy atom. The van der Waals surface area contributed by atoms with Gasteiger partial charge in [-0.2, -0.15) is 0 Å². The smallest absolute Gasteiger partial charge is 0.338 e. The summed E-state index contributed by atoms with van der Waals surface area (Å²) in [4.78, 5) is 23.9. The largest absolute Gasteiger partial charge is 0.470 e. The van der Waals surface area contributed by atoms with Crippen LogP contribution in [0.15, 0.2) is 24.3 Å². The van der Waals surface area contributed by atoms with Crippen LogP contribution in [-0.4, -0.2) is 23.7 Å². The summed E-state index contributed by atoms with van der Waals surface area (Å²) >= 11 is 0. The molecule has 1 unspecified atom stereocenters. The van der Waals surface area contributed by atoms with Gasteiger partial charge in [0.15, 0.2) is 6.23 Å². The van der Waals surface area contributed by atoms with Gasteiger partial charge in [0.05, 0.1) is 5.56 Å². The van der Waals surface area contributed by atoms with Crippen molar-refractivity contribution in [2.24, 2.45) is 5.41 Å². The molecule has 1 aliphatic carbocycles. The highest BCUT2D eigenvalue weighted by atomic mass is 16.6. The fourth-order valence-electron chi connectivity index (χ4n) is 3.22. The molecule has 0 aromatic heterocycles. The number of hydrogen-bond acceptors (Lipinski definition) is 4. The second-order valence-electron chi connectivity index (χ2n) is 7.36. The van der Waals surface area contributed by atoms with Gasteiger partial charge in [-0.25, -0.2) is 4.79 Å². The second kappa shape index (κ2) is 5.55. The third-order valence-electron chi connectivity index (χ3n) is 4.45. The summed E-state index contributed by atoms with van der Waals surface area (Å²) in [6.45, 7) is 5.51. The molecule has 0 bridgehead atoms. The third-order valence-corrected chi connectivity index (χ3v) is 4.45. The molecule has 1 atom stereocenters. The summed E-state index contributed by atoms with van der Waals surface area (Å²) in [5, 5.41) is 2.84. The first kappa shape index (κ1) is 15.8. The molecule has 1 saturated carbocycles. The zero-order valence-corrected chi connectivity index (χ0v) is 13.8. The second-order valence-corrected chi connectivity index (χ2v) is 7.36. The van der Waals surface area contributed by atoms with Crippen molar-refractivity contribution in [1.82, 2.24) is 5.32 Å². The monoisotopic (exact) mass is 317 g/mol. The number of hydrogen-bond donors (Lipinski definition) is 1. The zero-order chi connectivity index (χ0) is 16.7. The summed E-state index contributed by atoms with van der Waals surface area (Å²) in [5.74, 6) is 0.396. The van der Waals surface area contributed by atoms with Crippen molar-refractivity contribution in [2.75, 3.05) is 0 Å². The van der Waals surface area contributed by atoms with Crippen molar-refractivity contribution in [3.63, 3.8) is 0 Å². The number of esters is 1. The van der Waals surface area contributed by atoms with E-state index in [1.54, 1.807) is 24.3 Å². The summed E-state index contributed by atoms with van der Waals surface area (Å²) in [5.41, 5.74) is -0.373. The van der Waals surface area contributed by atoms with Gasteiger partial charge in [-0.05, 0) is 57.9 Å². The van der Waals surface area contributed by atoms with E-state index < -0.39 is 5.60 Å². The number of rotatable bonds is 3. The Morgan fingerprint density at radius 3 is 2.30 bits per heavy atom. The Kier molecular flexibility index (Phi) is 3.82. The maximum absolute atomic E-state index is 12.0. The van der Waals surface area contributed by atoms with E-state index in [0.717, 1.165) is 25.7 Å². The maximum atomic E-state index is 12.0. The molecule has 1 aromatic carbocycles. The molecule has 1 heterocycles. The van der Waals surface area contributed by atoms with Crippen LogP contribution < -0.4 is 10.1 Å². The Morgan fingerprint density at radius 2 is 1.78 bits per heavy atom. The molecule has 1 aromatic rings. The molecule has 2 aliphatic rings. The molecule has 1 spiro atoms. The van der Waals surface area contributed by atoms with Crippen LogP contribution in [-0.2, 0) is 9.53 Å². The van der Waals surface area contributed by atoms with Gasteiger partial charge in [-0.1, -0.05) is 12.8 Å². The Balaban J connectivity index is 1.64. The van der Waals surface area contributed by atoms with Crippen LogP contribution >= 0.6 is 0 Å². The average Bonchev–Trinajstić information content (AvgIpc) is 2.98. The van der Waals surface area contributed by atoms with E-state index in [9.17, 15) is 9.59 Å². The molecule has 3 rings (SSSR count). The van der Waals surface area contributed by atoms with Crippen LogP contribution in [0.4, 0.5) is 0 Å². The lowest BCUT2D eigenvalue weighted by Gasteiger charge is -2.45. The standard InChI is InChI=1S/C18H23NO4/c1-17(2,3)23-14(20)12-6-8-13(9-7-12)22-16-18(15(21)19-16)10-4-5-11-18/h6-9,16H,4-5,10-11H2,1-3H3,(H,19,21). The molecule has 2 fully saturated rings. The molecular formula is C18H23NO4. The molecule has 23 heavy (non-hydrogen) atoms. The number of nitrogens with one attached hydrogen (secondary N) is 1. The lowest BCUT2D eigenvalue weighted by atomic mass is 9.77. The number of carbonyl (C=O) groups is 2. The summed E-state index contributed by atoms with van der Waals surface area (Å²) in [6.07, 6.45) is 3.67. The quantitative estimate of drug-likeness (QED) is 0.687. The van der Waals surface area contributed by atoms with Crippen molar-refractivity contribution >= 4 is 11.9 Å². The minimum Gasteiger partial charge on any atom is -0.470 e. The molecular weight excluding hydrogens is 294 g/mol. The molecule has 124 valence electrons. The van der Waals surface area contributed by atoms with Crippen molar-refractivity contribution in [3.05, 3.63) is 29.8 Å². The minimum atomic E-state index is -0.517. The topological polar surface area (TPSA) is 64.6 Å². The van der Waals surface area contributed by atoms with E-state index in [0.29, 0.717) is 11.3 Å². The van der Waals surface area contributed by atoms with Gasteiger partial charge in [-0.15, -0.1) is 0 Å². The average molecular weight is 317 g/mol. The van der Waals surface area contributed by atoms with Gasteiger partial charge in [0.1, 0.15) is 16.8 Å². The van der Waals surface area contributed by atoms with E-state index in [4.69, 9.17) is 9.47 Å². The number of benzene rings is 1. The molecule has 5 nitrogen and oxygen atoms in total. The van der Waals surface area contributed by atoms with Gasteiger partial charge in [0.2, 0.25) is 5.91 Å². The lowest BCUT2D eigenvalue weighted by Crippen LogP contribution is -2.68. The van der Waals surface area contributed by atoms with Crippen LogP contribution in [0.2, 0.25) is 0 Å². The van der Waals surface area contributed by atoms with Gasteiger partial charge in [-0.3, -0.25) is 4.79 Å². The minimum absolute atomic E-state index is 0.102. The molecule has 0 radical (unpaired) electrons. The summed E-state index contributed by atoms with van der Waals surface area (Å²) < 4.78 is 11.2. The predicted molar refractivity (Wildman–Crippen MR) is 85.1 cm³/mol. The number of carbonyl (C=O) groups excluding carboxylic acids is 2. The van der Waals surface area contributed by atoms with Crippen molar-refractivity contribution in [3.8, 4) is 5.75 Å². The third kappa shape index (κ3) is 3.05. The fraction of sp³-hybridized carbons (Fsp3) is 0.556. The Labute approximate surface area is 136 Å². The SMILES string of the molecule is CC(C)(C)OC(=O)c1ccc(OC2NC(=O)C23CCCC3)cc1.